The Labute approximate surface area is 167 Å². The van der Waals surface area contributed by atoms with Gasteiger partial charge in [-0.05, 0) is 43.7 Å². The number of likely N-dealkylation sites (tertiary alicyclic amines) is 1. The molecule has 2 fully saturated rings. The Bertz CT molecular complexity index is 697. The van der Waals surface area contributed by atoms with Gasteiger partial charge in [0.05, 0.1) is 12.2 Å². The SMILES string of the molecule is CC(C)CC(=O)[C@@H]1CCCN(C(=O)c2ccc(N(C)CC3(CO)CC3)nc2)C1. The minimum absolute atomic E-state index is 0.0241. The molecule has 1 N–H and O–H groups in total. The first-order valence-electron chi connectivity index (χ1n) is 10.4. The second-order valence-corrected chi connectivity index (χ2v) is 9.07. The highest BCUT2D eigenvalue weighted by Gasteiger charge is 2.43. The van der Waals surface area contributed by atoms with E-state index in [9.17, 15) is 14.7 Å². The standard InChI is InChI=1S/C22H33N3O3/c1-16(2)11-19(27)18-5-4-10-25(13-18)21(28)17-6-7-20(23-12-17)24(3)14-22(15-26)8-9-22/h6-7,12,16,18,26H,4-5,8-11,13-15H2,1-3H3/t18-/m1/s1. The number of carbonyl (C=O) groups excluding carboxylic acids is 2. The first kappa shape index (κ1) is 20.8. The van der Waals surface area contributed by atoms with E-state index < -0.39 is 0 Å². The summed E-state index contributed by atoms with van der Waals surface area (Å²) in [7, 11) is 1.97. The van der Waals surface area contributed by atoms with Crippen LogP contribution in [0.5, 0.6) is 0 Å². The van der Waals surface area contributed by atoms with Gasteiger partial charge < -0.3 is 14.9 Å². The zero-order chi connectivity index (χ0) is 20.3. The number of amides is 1. The quantitative estimate of drug-likeness (QED) is 0.742. The van der Waals surface area contributed by atoms with Gasteiger partial charge in [0.2, 0.25) is 0 Å². The monoisotopic (exact) mass is 387 g/mol. The van der Waals surface area contributed by atoms with E-state index in [1.165, 1.54) is 0 Å². The van der Waals surface area contributed by atoms with Gasteiger partial charge in [0.1, 0.15) is 11.6 Å². The number of aliphatic hydroxyl groups excluding tert-OH is 1. The molecule has 0 radical (unpaired) electrons. The van der Waals surface area contributed by atoms with Crippen LogP contribution in [0.1, 0.15) is 56.3 Å². The number of aliphatic hydroxyl groups is 1. The molecule has 2 aliphatic rings. The highest BCUT2D eigenvalue weighted by Crippen LogP contribution is 2.45. The Kier molecular flexibility index (Phi) is 6.38. The third-order valence-electron chi connectivity index (χ3n) is 6.02. The molecule has 1 aromatic heterocycles. The van der Waals surface area contributed by atoms with Crippen molar-refractivity contribution in [3.05, 3.63) is 23.9 Å². The molecule has 154 valence electrons. The number of hydrogen-bond acceptors (Lipinski definition) is 5. The van der Waals surface area contributed by atoms with Crippen molar-refractivity contribution in [1.29, 1.82) is 0 Å². The number of rotatable bonds is 8. The molecule has 1 atom stereocenters. The maximum absolute atomic E-state index is 12.9. The average Bonchev–Trinajstić information content (AvgIpc) is 3.47. The third-order valence-corrected chi connectivity index (χ3v) is 6.02. The zero-order valence-corrected chi connectivity index (χ0v) is 17.4. The summed E-state index contributed by atoms with van der Waals surface area (Å²) in [4.78, 5) is 33.6. The molecule has 1 aliphatic heterocycles. The molecule has 0 aromatic carbocycles. The van der Waals surface area contributed by atoms with Crippen molar-refractivity contribution < 1.29 is 14.7 Å². The lowest BCUT2D eigenvalue weighted by atomic mass is 9.89. The number of pyridine rings is 1. The summed E-state index contributed by atoms with van der Waals surface area (Å²) in [5.41, 5.74) is 0.591. The second kappa shape index (κ2) is 8.60. The zero-order valence-electron chi connectivity index (χ0n) is 17.4. The summed E-state index contributed by atoms with van der Waals surface area (Å²) < 4.78 is 0. The smallest absolute Gasteiger partial charge is 0.255 e. The van der Waals surface area contributed by atoms with Crippen molar-refractivity contribution in [2.24, 2.45) is 17.3 Å². The van der Waals surface area contributed by atoms with Gasteiger partial charge in [-0.1, -0.05) is 13.8 Å². The molecule has 0 spiro atoms. The lowest BCUT2D eigenvalue weighted by molar-refractivity contribution is -0.124. The minimum Gasteiger partial charge on any atom is -0.396 e. The third kappa shape index (κ3) is 4.90. The second-order valence-electron chi connectivity index (χ2n) is 9.07. The molecular weight excluding hydrogens is 354 g/mol. The molecule has 0 unspecified atom stereocenters. The van der Waals surface area contributed by atoms with Gasteiger partial charge in [-0.15, -0.1) is 0 Å². The molecule has 1 aliphatic carbocycles. The first-order chi connectivity index (χ1) is 13.3. The topological polar surface area (TPSA) is 73.7 Å². The molecule has 1 saturated heterocycles. The van der Waals surface area contributed by atoms with E-state index in [0.29, 0.717) is 31.0 Å². The maximum Gasteiger partial charge on any atom is 0.255 e. The van der Waals surface area contributed by atoms with Crippen LogP contribution in [0, 0.1) is 17.3 Å². The summed E-state index contributed by atoms with van der Waals surface area (Å²) >= 11 is 0. The number of hydrogen-bond donors (Lipinski definition) is 1. The Morgan fingerprint density at radius 3 is 2.68 bits per heavy atom. The van der Waals surface area contributed by atoms with Gasteiger partial charge in [0, 0.05) is 50.6 Å². The molecule has 6 nitrogen and oxygen atoms in total. The van der Waals surface area contributed by atoms with Gasteiger partial charge in [-0.2, -0.15) is 0 Å². The summed E-state index contributed by atoms with van der Waals surface area (Å²) in [5, 5.41) is 9.50. The van der Waals surface area contributed by atoms with Crippen LogP contribution in [-0.4, -0.2) is 60.0 Å². The summed E-state index contributed by atoms with van der Waals surface area (Å²) in [5.74, 6) is 1.36. The van der Waals surface area contributed by atoms with Gasteiger partial charge in [-0.25, -0.2) is 4.98 Å². The lowest BCUT2D eigenvalue weighted by Crippen LogP contribution is -2.42. The fourth-order valence-electron chi connectivity index (χ4n) is 4.04. The van der Waals surface area contributed by atoms with E-state index >= 15 is 0 Å². The van der Waals surface area contributed by atoms with Crippen LogP contribution in [-0.2, 0) is 4.79 Å². The van der Waals surface area contributed by atoms with Crippen molar-refractivity contribution in [2.75, 3.05) is 38.2 Å². The van der Waals surface area contributed by atoms with E-state index in [1.54, 1.807) is 11.1 Å². The Morgan fingerprint density at radius 2 is 2.11 bits per heavy atom. The van der Waals surface area contributed by atoms with E-state index in [-0.39, 0.29) is 29.6 Å². The van der Waals surface area contributed by atoms with Crippen LogP contribution < -0.4 is 4.90 Å². The molecule has 6 heteroatoms. The Balaban J connectivity index is 1.60. The first-order valence-corrected chi connectivity index (χ1v) is 10.4. The summed E-state index contributed by atoms with van der Waals surface area (Å²) in [6, 6.07) is 3.69. The number of carbonyl (C=O) groups is 2. The molecule has 1 aromatic rings. The molecule has 2 heterocycles. The van der Waals surface area contributed by atoms with Crippen molar-refractivity contribution >= 4 is 17.5 Å². The van der Waals surface area contributed by atoms with Crippen molar-refractivity contribution in [3.8, 4) is 0 Å². The van der Waals surface area contributed by atoms with E-state index in [1.807, 2.05) is 24.1 Å². The van der Waals surface area contributed by atoms with Crippen molar-refractivity contribution in [1.82, 2.24) is 9.88 Å². The van der Waals surface area contributed by atoms with Crippen LogP contribution in [0.15, 0.2) is 18.3 Å². The Hall–Kier alpha value is -1.95. The predicted molar refractivity (Wildman–Crippen MR) is 109 cm³/mol. The van der Waals surface area contributed by atoms with Gasteiger partial charge in [-0.3, -0.25) is 9.59 Å². The van der Waals surface area contributed by atoms with Crippen LogP contribution >= 0.6 is 0 Å². The number of piperidine rings is 1. The Morgan fingerprint density at radius 1 is 1.36 bits per heavy atom. The molecule has 28 heavy (non-hydrogen) atoms. The van der Waals surface area contributed by atoms with Crippen LogP contribution in [0.25, 0.3) is 0 Å². The average molecular weight is 388 g/mol. The maximum atomic E-state index is 12.9. The number of ketones is 1. The number of Topliss-reactive ketones (excluding diaryl/α,β-unsaturated/α-hetero) is 1. The fourth-order valence-corrected chi connectivity index (χ4v) is 4.04. The molecule has 1 amide bonds. The van der Waals surface area contributed by atoms with E-state index in [2.05, 4.69) is 18.8 Å². The molecule has 1 saturated carbocycles. The highest BCUT2D eigenvalue weighted by atomic mass is 16.3. The van der Waals surface area contributed by atoms with Gasteiger partial charge in [0.15, 0.2) is 0 Å². The van der Waals surface area contributed by atoms with Crippen molar-refractivity contribution in [2.45, 2.75) is 46.0 Å². The lowest BCUT2D eigenvalue weighted by Gasteiger charge is -2.32. The molecular formula is C22H33N3O3. The molecule has 0 bridgehead atoms. The largest absolute Gasteiger partial charge is 0.396 e. The van der Waals surface area contributed by atoms with Crippen LogP contribution in [0.2, 0.25) is 0 Å². The molecule has 3 rings (SSSR count). The number of anilines is 1. The minimum atomic E-state index is -0.0437. The van der Waals surface area contributed by atoms with Crippen LogP contribution in [0.3, 0.4) is 0 Å². The normalized spacial score (nSPS) is 20.9. The van der Waals surface area contributed by atoms with Crippen molar-refractivity contribution in [3.63, 3.8) is 0 Å². The number of aromatic nitrogens is 1. The summed E-state index contributed by atoms with van der Waals surface area (Å²) in [6.07, 6.45) is 6.07. The summed E-state index contributed by atoms with van der Waals surface area (Å²) in [6.45, 7) is 6.31. The highest BCUT2D eigenvalue weighted by molar-refractivity contribution is 5.94. The van der Waals surface area contributed by atoms with E-state index in [4.69, 9.17) is 0 Å². The van der Waals surface area contributed by atoms with Gasteiger partial charge in [0.25, 0.3) is 5.91 Å². The fraction of sp³-hybridized carbons (Fsp3) is 0.682. The van der Waals surface area contributed by atoms with Crippen LogP contribution in [0.4, 0.5) is 5.82 Å². The predicted octanol–water partition coefficient (Wildman–Crippen LogP) is 2.76. The van der Waals surface area contributed by atoms with Gasteiger partial charge >= 0.3 is 0 Å². The van der Waals surface area contributed by atoms with E-state index in [0.717, 1.165) is 38.0 Å². The number of nitrogens with zero attached hydrogens (tertiary/aromatic N) is 3.